The Morgan fingerprint density at radius 2 is 2.00 bits per heavy atom. The number of rotatable bonds is 5. The average molecular weight is 432 g/mol. The second-order valence-corrected chi connectivity index (χ2v) is 7.71. The fraction of sp³-hybridized carbons (Fsp3) is 0.250. The van der Waals surface area contributed by atoms with E-state index in [0.717, 1.165) is 64.7 Å². The Hall–Kier alpha value is -3.19. The van der Waals surface area contributed by atoms with Crippen LogP contribution in [0.1, 0.15) is 29.8 Å². The highest BCUT2D eigenvalue weighted by atomic mass is 32.1. The van der Waals surface area contributed by atoms with Gasteiger partial charge in [0.05, 0.1) is 23.5 Å². The summed E-state index contributed by atoms with van der Waals surface area (Å²) in [5.74, 6) is 2.04. The molecule has 1 aromatic carbocycles. The van der Waals surface area contributed by atoms with Crippen molar-refractivity contribution in [2.45, 2.75) is 26.2 Å². The molecule has 0 spiro atoms. The molecule has 6 nitrogen and oxygen atoms in total. The molecule has 31 heavy (non-hydrogen) atoms. The summed E-state index contributed by atoms with van der Waals surface area (Å²) < 4.78 is 5.85. The van der Waals surface area contributed by atoms with Gasteiger partial charge in [-0.1, -0.05) is 19.1 Å². The third-order valence-corrected chi connectivity index (χ3v) is 5.47. The standard InChI is InChI=1S/C24H23N5O.H2S/c1-15(19-10-16(2)29-21-7-9-30-24(19)21)13-26-23-12-22(27-14-28-23)18-5-6-20-17(11-18)4-3-8-25-20;/h3-6,8,10-12,14-15H,7,9,13H2,1-2H3,(H,26,27,28);1H2/t15-;/m1./s1. The van der Waals surface area contributed by atoms with Crippen molar-refractivity contribution in [2.75, 3.05) is 18.5 Å². The summed E-state index contributed by atoms with van der Waals surface area (Å²) in [5, 5.41) is 4.56. The van der Waals surface area contributed by atoms with Crippen molar-refractivity contribution in [3.63, 3.8) is 0 Å². The smallest absolute Gasteiger partial charge is 0.144 e. The van der Waals surface area contributed by atoms with Crippen LogP contribution in [0.2, 0.25) is 0 Å². The first-order valence-corrected chi connectivity index (χ1v) is 10.2. The van der Waals surface area contributed by atoms with Crippen molar-refractivity contribution in [3.8, 4) is 17.0 Å². The summed E-state index contributed by atoms with van der Waals surface area (Å²) >= 11 is 0. The van der Waals surface area contributed by atoms with Gasteiger partial charge in [0.25, 0.3) is 0 Å². The Morgan fingerprint density at radius 1 is 1.10 bits per heavy atom. The number of nitrogens with zero attached hydrogens (tertiary/aromatic N) is 4. The Balaban J connectivity index is 0.00000231. The molecule has 3 aromatic heterocycles. The zero-order valence-corrected chi connectivity index (χ0v) is 18.6. The van der Waals surface area contributed by atoms with Crippen LogP contribution in [0.15, 0.2) is 55.0 Å². The molecule has 7 heteroatoms. The van der Waals surface area contributed by atoms with Gasteiger partial charge in [-0.15, -0.1) is 0 Å². The molecule has 5 rings (SSSR count). The van der Waals surface area contributed by atoms with Gasteiger partial charge in [0.1, 0.15) is 17.9 Å². The number of hydrogen-bond acceptors (Lipinski definition) is 6. The number of pyridine rings is 2. The Kier molecular flexibility index (Phi) is 6.04. The van der Waals surface area contributed by atoms with Gasteiger partial charge < -0.3 is 10.1 Å². The number of aryl methyl sites for hydroxylation is 1. The monoisotopic (exact) mass is 431 g/mol. The molecule has 4 aromatic rings. The van der Waals surface area contributed by atoms with Crippen LogP contribution < -0.4 is 10.1 Å². The molecule has 0 amide bonds. The van der Waals surface area contributed by atoms with Crippen LogP contribution in [0.3, 0.4) is 0 Å². The molecule has 1 N–H and O–H groups in total. The van der Waals surface area contributed by atoms with E-state index in [1.807, 2.05) is 31.2 Å². The van der Waals surface area contributed by atoms with Crippen molar-refractivity contribution in [2.24, 2.45) is 0 Å². The lowest BCUT2D eigenvalue weighted by atomic mass is 9.99. The number of fused-ring (bicyclic) bond motifs is 2. The van der Waals surface area contributed by atoms with E-state index < -0.39 is 0 Å². The number of hydrogen-bond donors (Lipinski definition) is 1. The molecule has 0 aliphatic carbocycles. The van der Waals surface area contributed by atoms with E-state index in [2.05, 4.69) is 50.4 Å². The molecule has 0 fully saturated rings. The van der Waals surface area contributed by atoms with Crippen molar-refractivity contribution < 1.29 is 4.74 Å². The number of aromatic nitrogens is 4. The molecule has 0 saturated heterocycles. The summed E-state index contributed by atoms with van der Waals surface area (Å²) in [6.07, 6.45) is 4.30. The maximum atomic E-state index is 5.85. The minimum absolute atomic E-state index is 0. The van der Waals surface area contributed by atoms with Gasteiger partial charge in [-0.2, -0.15) is 13.5 Å². The zero-order chi connectivity index (χ0) is 20.5. The molecule has 0 saturated carbocycles. The molecule has 1 aliphatic heterocycles. The van der Waals surface area contributed by atoms with Crippen LogP contribution in [0.5, 0.6) is 5.75 Å². The lowest BCUT2D eigenvalue weighted by Gasteiger charge is -2.17. The fourth-order valence-electron chi connectivity index (χ4n) is 3.92. The van der Waals surface area contributed by atoms with Gasteiger partial charge in [0.15, 0.2) is 0 Å². The Labute approximate surface area is 188 Å². The van der Waals surface area contributed by atoms with Gasteiger partial charge in [-0.25, -0.2) is 9.97 Å². The summed E-state index contributed by atoms with van der Waals surface area (Å²) in [5.41, 5.74) is 6.23. The van der Waals surface area contributed by atoms with E-state index in [1.165, 1.54) is 5.56 Å². The minimum Gasteiger partial charge on any atom is -0.491 e. The summed E-state index contributed by atoms with van der Waals surface area (Å²) in [6.45, 7) is 5.70. The summed E-state index contributed by atoms with van der Waals surface area (Å²) in [7, 11) is 0. The molecule has 0 radical (unpaired) electrons. The van der Waals surface area contributed by atoms with Crippen molar-refractivity contribution in [3.05, 3.63) is 71.9 Å². The lowest BCUT2D eigenvalue weighted by molar-refractivity contribution is 0.352. The van der Waals surface area contributed by atoms with E-state index in [-0.39, 0.29) is 19.4 Å². The van der Waals surface area contributed by atoms with Gasteiger partial charge in [0.2, 0.25) is 0 Å². The summed E-state index contributed by atoms with van der Waals surface area (Å²) in [6, 6.07) is 14.3. The van der Waals surface area contributed by atoms with E-state index in [4.69, 9.17) is 4.74 Å². The molecule has 4 heterocycles. The normalized spacial score (nSPS) is 13.2. The lowest BCUT2D eigenvalue weighted by Crippen LogP contribution is -2.12. The van der Waals surface area contributed by atoms with Crippen molar-refractivity contribution in [1.82, 2.24) is 19.9 Å². The first-order chi connectivity index (χ1) is 14.7. The topological polar surface area (TPSA) is 72.8 Å². The number of nitrogens with one attached hydrogen (secondary N) is 1. The highest BCUT2D eigenvalue weighted by Crippen LogP contribution is 2.34. The quantitative estimate of drug-likeness (QED) is 0.496. The van der Waals surface area contributed by atoms with E-state index in [0.29, 0.717) is 0 Å². The van der Waals surface area contributed by atoms with Crippen LogP contribution >= 0.6 is 13.5 Å². The predicted molar refractivity (Wildman–Crippen MR) is 128 cm³/mol. The second-order valence-electron chi connectivity index (χ2n) is 7.71. The highest BCUT2D eigenvalue weighted by Gasteiger charge is 2.22. The molecular formula is C24H25N5OS. The zero-order valence-electron chi connectivity index (χ0n) is 17.6. The van der Waals surface area contributed by atoms with Gasteiger partial charge in [-0.05, 0) is 31.2 Å². The van der Waals surface area contributed by atoms with Gasteiger partial charge in [-0.3, -0.25) is 9.97 Å². The predicted octanol–water partition coefficient (Wildman–Crippen LogP) is 4.66. The third kappa shape index (κ3) is 4.32. The number of benzene rings is 1. The summed E-state index contributed by atoms with van der Waals surface area (Å²) in [4.78, 5) is 17.9. The van der Waals surface area contributed by atoms with Crippen LogP contribution in [0.25, 0.3) is 22.2 Å². The van der Waals surface area contributed by atoms with Crippen LogP contribution in [0, 0.1) is 6.92 Å². The maximum Gasteiger partial charge on any atom is 0.144 e. The van der Waals surface area contributed by atoms with Crippen LogP contribution in [0.4, 0.5) is 5.82 Å². The second kappa shape index (κ2) is 8.89. The first kappa shape index (κ1) is 21.1. The maximum absolute atomic E-state index is 5.85. The van der Waals surface area contributed by atoms with Gasteiger partial charge in [0, 0.05) is 53.4 Å². The molecular weight excluding hydrogens is 406 g/mol. The van der Waals surface area contributed by atoms with E-state index >= 15 is 0 Å². The largest absolute Gasteiger partial charge is 0.491 e. The molecule has 1 aliphatic rings. The highest BCUT2D eigenvalue weighted by molar-refractivity contribution is 7.59. The SMILES string of the molecule is Cc1cc([C@H](C)CNc2cc(-c3ccc4ncccc4c3)ncn2)c2c(n1)CCO2.S. The number of anilines is 1. The average Bonchev–Trinajstić information content (AvgIpc) is 3.25. The van der Waals surface area contributed by atoms with E-state index in [9.17, 15) is 0 Å². The van der Waals surface area contributed by atoms with Crippen molar-refractivity contribution >= 4 is 30.2 Å². The van der Waals surface area contributed by atoms with Crippen LogP contribution in [-0.2, 0) is 6.42 Å². The van der Waals surface area contributed by atoms with Crippen LogP contribution in [-0.4, -0.2) is 33.1 Å². The van der Waals surface area contributed by atoms with Crippen molar-refractivity contribution in [1.29, 1.82) is 0 Å². The Bertz CT molecular complexity index is 1230. The van der Waals surface area contributed by atoms with Gasteiger partial charge >= 0.3 is 0 Å². The molecule has 1 atom stereocenters. The first-order valence-electron chi connectivity index (χ1n) is 10.2. The van der Waals surface area contributed by atoms with E-state index in [1.54, 1.807) is 12.5 Å². The third-order valence-electron chi connectivity index (χ3n) is 5.47. The Morgan fingerprint density at radius 3 is 2.90 bits per heavy atom. The minimum atomic E-state index is 0. The molecule has 0 bridgehead atoms. The molecule has 158 valence electrons. The number of ether oxygens (including phenoxy) is 1. The fourth-order valence-corrected chi connectivity index (χ4v) is 3.92. The molecule has 0 unspecified atom stereocenters.